The average Bonchev–Trinajstić information content (AvgIpc) is 2.61. The van der Waals surface area contributed by atoms with Crippen molar-refractivity contribution in [2.24, 2.45) is 0 Å². The Morgan fingerprint density at radius 3 is 2.76 bits per heavy atom. The zero-order valence-corrected chi connectivity index (χ0v) is 15.9. The van der Waals surface area contributed by atoms with Crippen LogP contribution < -0.4 is 5.63 Å². The lowest BCUT2D eigenvalue weighted by atomic mass is 9.97. The molecule has 1 aromatic carbocycles. The van der Waals surface area contributed by atoms with Gasteiger partial charge in [0.05, 0.1) is 10.6 Å². The lowest BCUT2D eigenvalue weighted by molar-refractivity contribution is 0.135. The minimum absolute atomic E-state index is 0.0291. The number of phenolic OH excluding ortho intramolecular Hbond substituents is 1. The third-order valence-corrected chi connectivity index (χ3v) is 5.82. The molecule has 1 aromatic heterocycles. The second kappa shape index (κ2) is 7.38. The normalized spacial score (nSPS) is 18.8. The number of likely N-dealkylation sites (tertiary alicyclic amines) is 1. The van der Waals surface area contributed by atoms with Crippen molar-refractivity contribution < 1.29 is 9.52 Å². The molecule has 0 radical (unpaired) electrons. The van der Waals surface area contributed by atoms with Crippen LogP contribution >= 0.6 is 11.6 Å². The minimum atomic E-state index is -0.318. The van der Waals surface area contributed by atoms with Crippen molar-refractivity contribution in [1.82, 2.24) is 4.90 Å². The summed E-state index contributed by atoms with van der Waals surface area (Å²) in [5.74, 6) is 0.0291. The van der Waals surface area contributed by atoms with Gasteiger partial charge in [-0.05, 0) is 50.8 Å². The van der Waals surface area contributed by atoms with Crippen LogP contribution in [0.2, 0.25) is 5.02 Å². The molecule has 0 saturated carbocycles. The van der Waals surface area contributed by atoms with Gasteiger partial charge in [0.15, 0.2) is 0 Å². The number of hydrogen-bond donors (Lipinski definition) is 1. The lowest BCUT2D eigenvalue weighted by Crippen LogP contribution is -2.38. The third kappa shape index (κ3) is 3.30. The highest BCUT2D eigenvalue weighted by Crippen LogP contribution is 2.37. The number of nitrogens with zero attached hydrogens (tertiary/aromatic N) is 1. The van der Waals surface area contributed by atoms with Crippen molar-refractivity contribution >= 4 is 22.6 Å². The zero-order valence-electron chi connectivity index (χ0n) is 15.2. The number of aromatic hydroxyl groups is 1. The molecule has 0 bridgehead atoms. The number of hydrogen-bond acceptors (Lipinski definition) is 4. The Morgan fingerprint density at radius 1 is 1.32 bits per heavy atom. The highest BCUT2D eigenvalue weighted by atomic mass is 35.5. The van der Waals surface area contributed by atoms with E-state index >= 15 is 0 Å². The molecule has 0 aliphatic carbocycles. The summed E-state index contributed by atoms with van der Waals surface area (Å²) < 4.78 is 5.64. The van der Waals surface area contributed by atoms with Crippen LogP contribution in [-0.2, 0) is 13.0 Å². The molecule has 0 spiro atoms. The molecule has 5 heteroatoms. The van der Waals surface area contributed by atoms with Crippen molar-refractivity contribution in [2.75, 3.05) is 6.54 Å². The van der Waals surface area contributed by atoms with E-state index in [1.165, 1.54) is 12.8 Å². The first-order valence-electron chi connectivity index (χ1n) is 9.18. The van der Waals surface area contributed by atoms with Crippen LogP contribution in [0.15, 0.2) is 15.3 Å². The van der Waals surface area contributed by atoms with Gasteiger partial charge in [0.25, 0.3) is 0 Å². The summed E-state index contributed by atoms with van der Waals surface area (Å²) in [6.45, 7) is 7.59. The first-order valence-corrected chi connectivity index (χ1v) is 9.56. The summed E-state index contributed by atoms with van der Waals surface area (Å²) in [6, 6.07) is 2.20. The Labute approximate surface area is 153 Å². The van der Waals surface area contributed by atoms with E-state index in [1.807, 2.05) is 13.8 Å². The average molecular weight is 364 g/mol. The highest BCUT2D eigenvalue weighted by Gasteiger charge is 2.25. The fourth-order valence-electron chi connectivity index (χ4n) is 4.03. The van der Waals surface area contributed by atoms with E-state index in [-0.39, 0.29) is 11.4 Å². The summed E-state index contributed by atoms with van der Waals surface area (Å²) in [7, 11) is 0. The third-order valence-electron chi connectivity index (χ3n) is 5.53. The van der Waals surface area contributed by atoms with Crippen molar-refractivity contribution in [3.63, 3.8) is 0 Å². The van der Waals surface area contributed by atoms with Gasteiger partial charge in [-0.15, -0.1) is 0 Å². The molecule has 3 rings (SSSR count). The van der Waals surface area contributed by atoms with E-state index in [0.29, 0.717) is 40.7 Å². The molecular formula is C20H26ClNO3. The first kappa shape index (κ1) is 18.3. The molecule has 2 aromatic rings. The van der Waals surface area contributed by atoms with E-state index in [1.54, 1.807) is 6.07 Å². The maximum Gasteiger partial charge on any atom is 0.339 e. The molecule has 2 heterocycles. The molecule has 1 unspecified atom stereocenters. The maximum atomic E-state index is 12.4. The van der Waals surface area contributed by atoms with Gasteiger partial charge in [-0.3, -0.25) is 4.90 Å². The van der Waals surface area contributed by atoms with Gasteiger partial charge in [-0.2, -0.15) is 0 Å². The van der Waals surface area contributed by atoms with Crippen LogP contribution in [0.1, 0.15) is 56.2 Å². The van der Waals surface area contributed by atoms with Crippen LogP contribution in [0.4, 0.5) is 0 Å². The smallest absolute Gasteiger partial charge is 0.339 e. The molecular weight excluding hydrogens is 338 g/mol. The summed E-state index contributed by atoms with van der Waals surface area (Å²) >= 11 is 6.30. The van der Waals surface area contributed by atoms with E-state index < -0.39 is 0 Å². The number of aryl methyl sites for hydroxylation is 1. The largest absolute Gasteiger partial charge is 0.506 e. The Morgan fingerprint density at radius 2 is 2.08 bits per heavy atom. The van der Waals surface area contributed by atoms with Gasteiger partial charge in [0.1, 0.15) is 11.3 Å². The van der Waals surface area contributed by atoms with Gasteiger partial charge >= 0.3 is 5.63 Å². The molecule has 1 fully saturated rings. The predicted octanol–water partition coefficient (Wildman–Crippen LogP) is 4.79. The van der Waals surface area contributed by atoms with Gasteiger partial charge in [0, 0.05) is 23.5 Å². The van der Waals surface area contributed by atoms with E-state index in [9.17, 15) is 9.90 Å². The number of piperidine rings is 1. The minimum Gasteiger partial charge on any atom is -0.506 e. The van der Waals surface area contributed by atoms with Crippen LogP contribution in [0.3, 0.4) is 0 Å². The summed E-state index contributed by atoms with van der Waals surface area (Å²) in [5.41, 5.74) is 2.35. The van der Waals surface area contributed by atoms with E-state index in [4.69, 9.17) is 16.0 Å². The highest BCUT2D eigenvalue weighted by molar-refractivity contribution is 6.33. The van der Waals surface area contributed by atoms with Crippen molar-refractivity contribution in [3.8, 4) is 5.75 Å². The topological polar surface area (TPSA) is 53.7 Å². The number of rotatable bonds is 4. The SMILES string of the molecule is CCc1c(C)c2cc(Cl)c(O)c(CN3CCCCC3CC)c2oc1=O. The van der Waals surface area contributed by atoms with Crippen LogP contribution in [-0.4, -0.2) is 22.6 Å². The van der Waals surface area contributed by atoms with Gasteiger partial charge in [-0.1, -0.05) is 31.9 Å². The summed E-state index contributed by atoms with van der Waals surface area (Å²) in [4.78, 5) is 14.7. The number of benzene rings is 1. The molecule has 1 atom stereocenters. The Bertz CT molecular complexity index is 843. The fraction of sp³-hybridized carbons (Fsp3) is 0.550. The Hall–Kier alpha value is -1.52. The predicted molar refractivity (Wildman–Crippen MR) is 102 cm³/mol. The molecule has 1 aliphatic rings. The summed E-state index contributed by atoms with van der Waals surface area (Å²) in [6.07, 6.45) is 5.24. The monoisotopic (exact) mass is 363 g/mol. The van der Waals surface area contributed by atoms with Crippen molar-refractivity contribution in [2.45, 2.75) is 65.5 Å². The van der Waals surface area contributed by atoms with E-state index in [2.05, 4.69) is 11.8 Å². The molecule has 4 nitrogen and oxygen atoms in total. The molecule has 1 saturated heterocycles. The number of phenols is 1. The molecule has 0 amide bonds. The second-order valence-corrected chi connectivity index (χ2v) is 7.34. The number of halogens is 1. The Kier molecular flexibility index (Phi) is 5.40. The molecule has 1 N–H and O–H groups in total. The molecule has 1 aliphatic heterocycles. The van der Waals surface area contributed by atoms with Crippen LogP contribution in [0.5, 0.6) is 5.75 Å². The fourth-order valence-corrected chi connectivity index (χ4v) is 4.25. The molecule has 25 heavy (non-hydrogen) atoms. The summed E-state index contributed by atoms with van der Waals surface area (Å²) in [5, 5.41) is 11.7. The Balaban J connectivity index is 2.16. The van der Waals surface area contributed by atoms with Gasteiger partial charge < -0.3 is 9.52 Å². The van der Waals surface area contributed by atoms with Crippen LogP contribution in [0.25, 0.3) is 11.0 Å². The van der Waals surface area contributed by atoms with Crippen molar-refractivity contribution in [1.29, 1.82) is 0 Å². The molecule has 136 valence electrons. The number of fused-ring (bicyclic) bond motifs is 1. The quantitative estimate of drug-likeness (QED) is 0.793. The first-order chi connectivity index (χ1) is 12.0. The van der Waals surface area contributed by atoms with Crippen molar-refractivity contribution in [3.05, 3.63) is 38.2 Å². The van der Waals surface area contributed by atoms with Crippen LogP contribution in [0, 0.1) is 6.92 Å². The van der Waals surface area contributed by atoms with E-state index in [0.717, 1.165) is 30.3 Å². The van der Waals surface area contributed by atoms with Gasteiger partial charge in [0.2, 0.25) is 0 Å². The maximum absolute atomic E-state index is 12.4. The lowest BCUT2D eigenvalue weighted by Gasteiger charge is -2.35. The zero-order chi connectivity index (χ0) is 18.1. The van der Waals surface area contributed by atoms with Gasteiger partial charge in [-0.25, -0.2) is 4.79 Å². The standard InChI is InChI=1S/C20H26ClNO3/c1-4-13-8-6-7-9-22(13)11-16-18(23)17(21)10-15-12(3)14(5-2)20(24)25-19(15)16/h10,13,23H,4-9,11H2,1-3H3. The second-order valence-electron chi connectivity index (χ2n) is 6.94.